The summed E-state index contributed by atoms with van der Waals surface area (Å²) in [7, 11) is 0. The summed E-state index contributed by atoms with van der Waals surface area (Å²) in [5.74, 6) is -0.117. The molecule has 0 unspecified atom stereocenters. The van der Waals surface area contributed by atoms with Gasteiger partial charge in [-0.15, -0.1) is 0 Å². The number of anilines is 1. The molecule has 104 valence electrons. The number of hydrogen-bond donors (Lipinski definition) is 1. The largest absolute Gasteiger partial charge is 0.350 e. The highest BCUT2D eigenvalue weighted by molar-refractivity contribution is 5.42. The first kappa shape index (κ1) is 12.8. The van der Waals surface area contributed by atoms with Crippen LogP contribution >= 0.6 is 0 Å². The van der Waals surface area contributed by atoms with E-state index in [1.807, 2.05) is 4.90 Å². The molecule has 3 rings (SSSR count). The molecule has 1 aromatic carbocycles. The molecule has 5 nitrogen and oxygen atoms in total. The van der Waals surface area contributed by atoms with E-state index in [0.29, 0.717) is 18.9 Å². The Kier molecular flexibility index (Phi) is 3.23. The molecule has 0 spiro atoms. The Morgan fingerprint density at radius 1 is 1.35 bits per heavy atom. The molecule has 1 aliphatic heterocycles. The number of hydrogen-bond acceptors (Lipinski definition) is 4. The molecule has 1 atom stereocenters. The van der Waals surface area contributed by atoms with Gasteiger partial charge < -0.3 is 10.6 Å². The molecule has 0 amide bonds. The third-order valence-electron chi connectivity index (χ3n) is 3.46. The van der Waals surface area contributed by atoms with Crippen LogP contribution in [-0.4, -0.2) is 28.7 Å². The van der Waals surface area contributed by atoms with Gasteiger partial charge in [0.25, 0.3) is 5.56 Å². The van der Waals surface area contributed by atoms with Gasteiger partial charge in [0.05, 0.1) is 5.69 Å². The lowest BCUT2D eigenvalue weighted by Crippen LogP contribution is -2.33. The van der Waals surface area contributed by atoms with Crippen molar-refractivity contribution in [1.29, 1.82) is 0 Å². The van der Waals surface area contributed by atoms with Gasteiger partial charge in [0, 0.05) is 31.5 Å². The maximum Gasteiger partial charge on any atom is 0.298 e. The van der Waals surface area contributed by atoms with E-state index < -0.39 is 5.82 Å². The molecule has 2 aromatic rings. The average molecular weight is 274 g/mol. The summed E-state index contributed by atoms with van der Waals surface area (Å²) in [6, 6.07) is 6.23. The summed E-state index contributed by atoms with van der Waals surface area (Å²) in [6.45, 7) is 1.30. The second kappa shape index (κ2) is 5.05. The normalized spacial score (nSPS) is 18.5. The maximum absolute atomic E-state index is 13.8. The fourth-order valence-electron chi connectivity index (χ4n) is 2.43. The number of benzene rings is 1. The van der Waals surface area contributed by atoms with Crippen LogP contribution < -0.4 is 16.2 Å². The van der Waals surface area contributed by atoms with E-state index >= 15 is 0 Å². The molecular formula is C14H15FN4O. The zero-order valence-corrected chi connectivity index (χ0v) is 10.9. The molecule has 2 heterocycles. The molecule has 1 aromatic heterocycles. The minimum absolute atomic E-state index is 0.0540. The summed E-state index contributed by atoms with van der Waals surface area (Å²) in [5, 5.41) is 0. The second-order valence-electron chi connectivity index (χ2n) is 4.87. The van der Waals surface area contributed by atoms with E-state index in [2.05, 4.69) is 4.98 Å². The van der Waals surface area contributed by atoms with Crippen LogP contribution in [0.3, 0.4) is 0 Å². The SMILES string of the molecule is N[C@@H]1CCN(c2nccn(-c3ccccc3F)c2=O)C1. The minimum atomic E-state index is -0.440. The van der Waals surface area contributed by atoms with E-state index in [1.54, 1.807) is 18.2 Å². The second-order valence-corrected chi connectivity index (χ2v) is 4.87. The molecule has 0 radical (unpaired) electrons. The lowest BCUT2D eigenvalue weighted by molar-refractivity contribution is 0.615. The first-order valence-electron chi connectivity index (χ1n) is 6.50. The Morgan fingerprint density at radius 2 is 2.15 bits per heavy atom. The van der Waals surface area contributed by atoms with Crippen molar-refractivity contribution in [2.75, 3.05) is 18.0 Å². The zero-order valence-electron chi connectivity index (χ0n) is 10.9. The first-order chi connectivity index (χ1) is 9.66. The van der Waals surface area contributed by atoms with Gasteiger partial charge in [-0.25, -0.2) is 9.37 Å². The van der Waals surface area contributed by atoms with Gasteiger partial charge in [-0.1, -0.05) is 12.1 Å². The highest BCUT2D eigenvalue weighted by Crippen LogP contribution is 2.15. The van der Waals surface area contributed by atoms with Crippen molar-refractivity contribution in [2.24, 2.45) is 5.73 Å². The maximum atomic E-state index is 13.8. The summed E-state index contributed by atoms with van der Waals surface area (Å²) in [5.41, 5.74) is 5.75. The lowest BCUT2D eigenvalue weighted by Gasteiger charge is -2.17. The number of nitrogens with zero attached hydrogens (tertiary/aromatic N) is 3. The third kappa shape index (κ3) is 2.18. The first-order valence-corrected chi connectivity index (χ1v) is 6.50. The number of para-hydroxylation sites is 1. The fraction of sp³-hybridized carbons (Fsp3) is 0.286. The average Bonchev–Trinajstić information content (AvgIpc) is 2.86. The van der Waals surface area contributed by atoms with E-state index in [0.717, 1.165) is 6.42 Å². The molecule has 20 heavy (non-hydrogen) atoms. The number of aromatic nitrogens is 2. The van der Waals surface area contributed by atoms with Crippen LogP contribution in [0, 0.1) is 5.82 Å². The van der Waals surface area contributed by atoms with Crippen molar-refractivity contribution in [2.45, 2.75) is 12.5 Å². The van der Waals surface area contributed by atoms with Crippen LogP contribution in [0.4, 0.5) is 10.2 Å². The molecule has 1 aliphatic rings. The molecule has 0 aliphatic carbocycles. The zero-order chi connectivity index (χ0) is 14.1. The van der Waals surface area contributed by atoms with E-state index in [-0.39, 0.29) is 17.3 Å². The van der Waals surface area contributed by atoms with Crippen LogP contribution in [-0.2, 0) is 0 Å². The van der Waals surface area contributed by atoms with Gasteiger partial charge in [-0.3, -0.25) is 9.36 Å². The quantitative estimate of drug-likeness (QED) is 0.884. The molecule has 6 heteroatoms. The minimum Gasteiger partial charge on any atom is -0.350 e. The van der Waals surface area contributed by atoms with Gasteiger partial charge in [-0.05, 0) is 18.6 Å². The Balaban J connectivity index is 2.07. The highest BCUT2D eigenvalue weighted by atomic mass is 19.1. The van der Waals surface area contributed by atoms with Gasteiger partial charge in [0.15, 0.2) is 5.82 Å². The van der Waals surface area contributed by atoms with Gasteiger partial charge in [0.2, 0.25) is 0 Å². The summed E-state index contributed by atoms with van der Waals surface area (Å²) >= 11 is 0. The third-order valence-corrected chi connectivity index (χ3v) is 3.46. The molecule has 2 N–H and O–H groups in total. The predicted molar refractivity (Wildman–Crippen MR) is 74.6 cm³/mol. The Hall–Kier alpha value is -2.21. The standard InChI is InChI=1S/C14H15FN4O/c15-11-3-1-2-4-12(11)19-8-6-17-13(14(19)20)18-7-5-10(16)9-18/h1-4,6,8,10H,5,7,9,16H2/t10-/m1/s1. The Morgan fingerprint density at radius 3 is 2.85 bits per heavy atom. The topological polar surface area (TPSA) is 64.2 Å². The summed E-state index contributed by atoms with van der Waals surface area (Å²) in [4.78, 5) is 18.4. The van der Waals surface area contributed by atoms with Crippen molar-refractivity contribution in [3.63, 3.8) is 0 Å². The molecule has 0 saturated carbocycles. The predicted octanol–water partition coefficient (Wildman–Crippen LogP) is 0.909. The Labute approximate surface area is 115 Å². The fourth-order valence-corrected chi connectivity index (χ4v) is 2.43. The van der Waals surface area contributed by atoms with E-state index in [1.165, 1.54) is 23.0 Å². The van der Waals surface area contributed by atoms with Gasteiger partial charge in [-0.2, -0.15) is 0 Å². The van der Waals surface area contributed by atoms with Gasteiger partial charge in [0.1, 0.15) is 5.82 Å². The summed E-state index contributed by atoms with van der Waals surface area (Å²) in [6.07, 6.45) is 3.81. The van der Waals surface area contributed by atoms with Crippen molar-refractivity contribution in [1.82, 2.24) is 9.55 Å². The molecule has 1 saturated heterocycles. The van der Waals surface area contributed by atoms with E-state index in [4.69, 9.17) is 5.73 Å². The monoisotopic (exact) mass is 274 g/mol. The Bertz CT molecular complexity index is 685. The van der Waals surface area contributed by atoms with Crippen molar-refractivity contribution >= 4 is 5.82 Å². The number of rotatable bonds is 2. The smallest absolute Gasteiger partial charge is 0.298 e. The lowest BCUT2D eigenvalue weighted by atomic mass is 10.3. The van der Waals surface area contributed by atoms with E-state index in [9.17, 15) is 9.18 Å². The van der Waals surface area contributed by atoms with Crippen LogP contribution in [0.5, 0.6) is 0 Å². The van der Waals surface area contributed by atoms with Crippen LogP contribution in [0.2, 0.25) is 0 Å². The van der Waals surface area contributed by atoms with Crippen LogP contribution in [0.15, 0.2) is 41.5 Å². The molecule has 0 bridgehead atoms. The number of halogens is 1. The van der Waals surface area contributed by atoms with Crippen molar-refractivity contribution < 1.29 is 4.39 Å². The molecular weight excluding hydrogens is 259 g/mol. The molecule has 1 fully saturated rings. The van der Waals surface area contributed by atoms with Crippen LogP contribution in [0.25, 0.3) is 5.69 Å². The van der Waals surface area contributed by atoms with Crippen LogP contribution in [0.1, 0.15) is 6.42 Å². The highest BCUT2D eigenvalue weighted by Gasteiger charge is 2.23. The van der Waals surface area contributed by atoms with Crippen molar-refractivity contribution in [3.8, 4) is 5.69 Å². The van der Waals surface area contributed by atoms with Crippen molar-refractivity contribution in [3.05, 3.63) is 52.8 Å². The van der Waals surface area contributed by atoms with Gasteiger partial charge >= 0.3 is 0 Å². The summed E-state index contributed by atoms with van der Waals surface area (Å²) < 4.78 is 15.1. The number of nitrogens with two attached hydrogens (primary N) is 1.